The van der Waals surface area contributed by atoms with E-state index in [-0.39, 0.29) is 0 Å². The Hall–Kier alpha value is -0.860. The van der Waals surface area contributed by atoms with Crippen LogP contribution in [-0.4, -0.2) is 19.2 Å². The number of nitrogens with one attached hydrogen (secondary N) is 1. The molecule has 0 atom stereocenters. The van der Waals surface area contributed by atoms with Crippen molar-refractivity contribution in [2.75, 3.05) is 13.1 Å². The Kier molecular flexibility index (Phi) is 3.08. The summed E-state index contributed by atoms with van der Waals surface area (Å²) in [5, 5.41) is 3.21. The molecule has 0 unspecified atom stereocenters. The zero-order valence-corrected chi connectivity index (χ0v) is 9.76. The minimum Gasteiger partial charge on any atom is -0.371 e. The predicted octanol–water partition coefficient (Wildman–Crippen LogP) is 2.10. The first-order chi connectivity index (χ1) is 7.16. The first-order valence-electron chi connectivity index (χ1n) is 5.56. The average molecular weight is 205 g/mol. The molecule has 1 heterocycles. The van der Waals surface area contributed by atoms with Crippen molar-refractivity contribution >= 4 is 0 Å². The van der Waals surface area contributed by atoms with Crippen LogP contribution in [0.3, 0.4) is 0 Å². The van der Waals surface area contributed by atoms with Gasteiger partial charge in [0.1, 0.15) is 0 Å². The van der Waals surface area contributed by atoms with Crippen LogP contribution in [-0.2, 0) is 11.3 Å². The van der Waals surface area contributed by atoms with Crippen LogP contribution in [0.2, 0.25) is 0 Å². The first-order valence-corrected chi connectivity index (χ1v) is 5.56. The van der Waals surface area contributed by atoms with Gasteiger partial charge in [-0.25, -0.2) is 0 Å². The summed E-state index contributed by atoms with van der Waals surface area (Å²) in [5.41, 5.74) is 5.38. The van der Waals surface area contributed by atoms with Crippen molar-refractivity contribution in [3.05, 3.63) is 34.4 Å². The largest absolute Gasteiger partial charge is 0.371 e. The number of aryl methyl sites for hydroxylation is 3. The van der Waals surface area contributed by atoms with Gasteiger partial charge in [0.25, 0.3) is 0 Å². The van der Waals surface area contributed by atoms with Crippen LogP contribution in [0.5, 0.6) is 0 Å². The Morgan fingerprint density at radius 3 is 2.27 bits per heavy atom. The van der Waals surface area contributed by atoms with Crippen molar-refractivity contribution < 1.29 is 4.74 Å². The molecule has 0 aliphatic carbocycles. The Morgan fingerprint density at radius 2 is 1.80 bits per heavy atom. The highest BCUT2D eigenvalue weighted by molar-refractivity contribution is 5.36. The Morgan fingerprint density at radius 1 is 1.20 bits per heavy atom. The van der Waals surface area contributed by atoms with Crippen molar-refractivity contribution in [3.8, 4) is 0 Å². The maximum Gasteiger partial charge on any atom is 0.0828 e. The van der Waals surface area contributed by atoms with Crippen LogP contribution in [0.4, 0.5) is 0 Å². The minimum absolute atomic E-state index is 0.421. The van der Waals surface area contributed by atoms with E-state index >= 15 is 0 Å². The number of hydrogen-bond acceptors (Lipinski definition) is 2. The molecule has 1 aromatic carbocycles. The fourth-order valence-electron chi connectivity index (χ4n) is 2.02. The van der Waals surface area contributed by atoms with E-state index in [9.17, 15) is 0 Å². The van der Waals surface area contributed by atoms with E-state index in [1.54, 1.807) is 0 Å². The topological polar surface area (TPSA) is 21.3 Å². The molecule has 1 aliphatic heterocycles. The second-order valence-corrected chi connectivity index (χ2v) is 4.47. The lowest BCUT2D eigenvalue weighted by Gasteiger charge is -2.27. The molecule has 0 saturated carbocycles. The second-order valence-electron chi connectivity index (χ2n) is 4.47. The summed E-state index contributed by atoms with van der Waals surface area (Å²) in [6.45, 7) is 9.23. The number of ether oxygens (including phenoxy) is 1. The number of hydrogen-bond donors (Lipinski definition) is 1. The highest BCUT2D eigenvalue weighted by Crippen LogP contribution is 2.18. The summed E-state index contributed by atoms with van der Waals surface area (Å²) < 4.78 is 5.80. The van der Waals surface area contributed by atoms with Crippen molar-refractivity contribution in [1.82, 2.24) is 5.32 Å². The van der Waals surface area contributed by atoms with Gasteiger partial charge in [-0.3, -0.25) is 0 Å². The van der Waals surface area contributed by atoms with E-state index in [0.717, 1.165) is 19.7 Å². The molecule has 2 nitrogen and oxygen atoms in total. The molecule has 0 bridgehead atoms. The fraction of sp³-hybridized carbons (Fsp3) is 0.538. The SMILES string of the molecule is Cc1cc(C)c(COC2CNC2)c(C)c1. The van der Waals surface area contributed by atoms with Crippen LogP contribution in [0.15, 0.2) is 12.1 Å². The molecule has 1 saturated heterocycles. The Labute approximate surface area is 91.6 Å². The molecule has 2 rings (SSSR count). The summed E-state index contributed by atoms with van der Waals surface area (Å²) in [7, 11) is 0. The summed E-state index contributed by atoms with van der Waals surface area (Å²) in [6.07, 6.45) is 0.421. The molecule has 15 heavy (non-hydrogen) atoms. The molecule has 0 radical (unpaired) electrons. The molecular formula is C13H19NO. The van der Waals surface area contributed by atoms with Crippen LogP contribution in [0.1, 0.15) is 22.3 Å². The van der Waals surface area contributed by atoms with Crippen LogP contribution < -0.4 is 5.32 Å². The van der Waals surface area contributed by atoms with Gasteiger partial charge in [0.2, 0.25) is 0 Å². The standard InChI is InChI=1S/C13H19NO/c1-9-4-10(2)13(11(3)5-9)8-15-12-6-14-7-12/h4-5,12,14H,6-8H2,1-3H3. The highest BCUT2D eigenvalue weighted by atomic mass is 16.5. The zero-order valence-electron chi connectivity index (χ0n) is 9.76. The van der Waals surface area contributed by atoms with Gasteiger partial charge in [-0.1, -0.05) is 17.7 Å². The van der Waals surface area contributed by atoms with Gasteiger partial charge >= 0.3 is 0 Å². The number of rotatable bonds is 3. The summed E-state index contributed by atoms with van der Waals surface area (Å²) in [4.78, 5) is 0. The molecule has 0 aromatic heterocycles. The lowest BCUT2D eigenvalue weighted by Crippen LogP contribution is -2.48. The number of benzene rings is 1. The van der Waals surface area contributed by atoms with Gasteiger partial charge in [0, 0.05) is 13.1 Å². The van der Waals surface area contributed by atoms with E-state index in [1.165, 1.54) is 22.3 Å². The predicted molar refractivity (Wildman–Crippen MR) is 62.1 cm³/mol. The van der Waals surface area contributed by atoms with E-state index in [4.69, 9.17) is 4.74 Å². The third kappa shape index (κ3) is 2.39. The lowest BCUT2D eigenvalue weighted by atomic mass is 10.0. The molecule has 1 fully saturated rings. The van der Waals surface area contributed by atoms with Gasteiger partial charge in [0.15, 0.2) is 0 Å². The summed E-state index contributed by atoms with van der Waals surface area (Å²) in [5.74, 6) is 0. The summed E-state index contributed by atoms with van der Waals surface area (Å²) >= 11 is 0. The third-order valence-electron chi connectivity index (χ3n) is 3.05. The zero-order chi connectivity index (χ0) is 10.8. The molecular weight excluding hydrogens is 186 g/mol. The third-order valence-corrected chi connectivity index (χ3v) is 3.05. The summed E-state index contributed by atoms with van der Waals surface area (Å²) in [6, 6.07) is 4.45. The molecule has 1 aromatic rings. The van der Waals surface area contributed by atoms with Crippen molar-refractivity contribution in [2.45, 2.75) is 33.5 Å². The second kappa shape index (κ2) is 4.33. The molecule has 82 valence electrons. The average Bonchev–Trinajstić information content (AvgIpc) is 2.06. The Bertz CT molecular complexity index is 333. The van der Waals surface area contributed by atoms with Gasteiger partial charge < -0.3 is 10.1 Å². The first kappa shape index (κ1) is 10.7. The quantitative estimate of drug-likeness (QED) is 0.816. The molecule has 0 spiro atoms. The maximum absolute atomic E-state index is 5.80. The van der Waals surface area contributed by atoms with Crippen LogP contribution in [0, 0.1) is 20.8 Å². The van der Waals surface area contributed by atoms with Crippen LogP contribution in [0.25, 0.3) is 0 Å². The van der Waals surface area contributed by atoms with Gasteiger partial charge in [0.05, 0.1) is 12.7 Å². The van der Waals surface area contributed by atoms with Crippen molar-refractivity contribution in [2.24, 2.45) is 0 Å². The monoisotopic (exact) mass is 205 g/mol. The van der Waals surface area contributed by atoms with E-state index in [2.05, 4.69) is 38.2 Å². The van der Waals surface area contributed by atoms with Crippen molar-refractivity contribution in [3.63, 3.8) is 0 Å². The van der Waals surface area contributed by atoms with E-state index in [0.29, 0.717) is 6.10 Å². The van der Waals surface area contributed by atoms with Gasteiger partial charge in [-0.15, -0.1) is 0 Å². The minimum atomic E-state index is 0.421. The van der Waals surface area contributed by atoms with Crippen LogP contribution >= 0.6 is 0 Å². The van der Waals surface area contributed by atoms with E-state index in [1.807, 2.05) is 0 Å². The van der Waals surface area contributed by atoms with Crippen molar-refractivity contribution in [1.29, 1.82) is 0 Å². The lowest BCUT2D eigenvalue weighted by molar-refractivity contribution is 0.00716. The van der Waals surface area contributed by atoms with Gasteiger partial charge in [-0.05, 0) is 37.5 Å². The van der Waals surface area contributed by atoms with Gasteiger partial charge in [-0.2, -0.15) is 0 Å². The fourth-order valence-corrected chi connectivity index (χ4v) is 2.02. The molecule has 0 amide bonds. The van der Waals surface area contributed by atoms with E-state index < -0.39 is 0 Å². The Balaban J connectivity index is 2.05. The molecule has 1 N–H and O–H groups in total. The highest BCUT2D eigenvalue weighted by Gasteiger charge is 2.17. The molecule has 1 aliphatic rings. The normalized spacial score (nSPS) is 16.5. The smallest absolute Gasteiger partial charge is 0.0828 e. The maximum atomic E-state index is 5.80. The molecule has 2 heteroatoms.